The minimum absolute atomic E-state index is 0.0677. The van der Waals surface area contributed by atoms with E-state index in [-0.39, 0.29) is 22.7 Å². The van der Waals surface area contributed by atoms with E-state index in [9.17, 15) is 19.7 Å². The van der Waals surface area contributed by atoms with Gasteiger partial charge in [-0.3, -0.25) is 19.7 Å². The van der Waals surface area contributed by atoms with Crippen molar-refractivity contribution < 1.29 is 19.2 Å². The fraction of sp³-hybridized carbons (Fsp3) is 0.125. The molecular weight excluding hydrogens is 357 g/mol. The van der Waals surface area contributed by atoms with Crippen molar-refractivity contribution in [3.63, 3.8) is 0 Å². The van der Waals surface area contributed by atoms with Crippen LogP contribution >= 0.6 is 23.2 Å². The molecule has 0 saturated heterocycles. The first-order valence-electron chi connectivity index (χ1n) is 6.74. The Morgan fingerprint density at radius 3 is 2.29 bits per heavy atom. The first kappa shape index (κ1) is 17.9. The van der Waals surface area contributed by atoms with Crippen LogP contribution in [0.25, 0.3) is 0 Å². The molecule has 6 nitrogen and oxygen atoms in total. The van der Waals surface area contributed by atoms with E-state index in [1.807, 2.05) is 0 Å². The molecule has 0 aromatic heterocycles. The summed E-state index contributed by atoms with van der Waals surface area (Å²) in [7, 11) is 0. The number of nitrogens with zero attached hydrogens (tertiary/aromatic N) is 1. The van der Waals surface area contributed by atoms with Crippen LogP contribution < -0.4 is 0 Å². The molecule has 2 aromatic carbocycles. The Balaban J connectivity index is 1.89. The summed E-state index contributed by atoms with van der Waals surface area (Å²) in [6, 6.07) is 9.88. The smallest absolute Gasteiger partial charge is 0.310 e. The summed E-state index contributed by atoms with van der Waals surface area (Å²) in [4.78, 5) is 33.7. The summed E-state index contributed by atoms with van der Waals surface area (Å²) in [6.07, 6.45) is -0.0906. The number of hydrogen-bond donors (Lipinski definition) is 0. The highest BCUT2D eigenvalue weighted by atomic mass is 35.5. The highest BCUT2D eigenvalue weighted by Crippen LogP contribution is 2.22. The minimum Gasteiger partial charge on any atom is -0.457 e. The van der Waals surface area contributed by atoms with Crippen molar-refractivity contribution in [1.29, 1.82) is 0 Å². The molecule has 0 spiro atoms. The normalized spacial score (nSPS) is 10.2. The van der Waals surface area contributed by atoms with Crippen LogP contribution in [0.3, 0.4) is 0 Å². The second kappa shape index (κ2) is 7.90. The van der Waals surface area contributed by atoms with Gasteiger partial charge in [-0.1, -0.05) is 35.3 Å². The Kier molecular flexibility index (Phi) is 5.89. The molecule has 0 bridgehead atoms. The van der Waals surface area contributed by atoms with Gasteiger partial charge in [-0.15, -0.1) is 0 Å². The number of Topliss-reactive ketones (excluding diaryl/α,β-unsaturated/α-hetero) is 1. The summed E-state index contributed by atoms with van der Waals surface area (Å²) >= 11 is 11.6. The number of carbonyl (C=O) groups is 2. The lowest BCUT2D eigenvalue weighted by molar-refractivity contribution is -0.384. The number of ether oxygens (including phenoxy) is 1. The molecule has 2 rings (SSSR count). The van der Waals surface area contributed by atoms with Crippen LogP contribution in [0.4, 0.5) is 5.69 Å². The maximum absolute atomic E-state index is 11.9. The van der Waals surface area contributed by atoms with E-state index in [4.69, 9.17) is 27.9 Å². The zero-order valence-electron chi connectivity index (χ0n) is 12.2. The summed E-state index contributed by atoms with van der Waals surface area (Å²) in [6.45, 7) is -0.427. The lowest BCUT2D eigenvalue weighted by atomic mass is 10.1. The van der Waals surface area contributed by atoms with E-state index in [1.165, 1.54) is 42.5 Å². The van der Waals surface area contributed by atoms with E-state index in [0.29, 0.717) is 10.6 Å². The molecule has 0 radical (unpaired) electrons. The van der Waals surface area contributed by atoms with E-state index >= 15 is 0 Å². The van der Waals surface area contributed by atoms with Gasteiger partial charge in [-0.05, 0) is 23.8 Å². The number of nitro groups is 1. The van der Waals surface area contributed by atoms with Crippen LogP contribution in [0.15, 0.2) is 42.5 Å². The molecule has 0 unspecified atom stereocenters. The number of benzene rings is 2. The zero-order valence-corrected chi connectivity index (χ0v) is 13.7. The Labute approximate surface area is 147 Å². The van der Waals surface area contributed by atoms with Gasteiger partial charge in [0.2, 0.25) is 0 Å². The number of non-ortho nitro benzene ring substituents is 1. The second-order valence-electron chi connectivity index (χ2n) is 4.81. The van der Waals surface area contributed by atoms with Crippen LogP contribution in [0.2, 0.25) is 10.0 Å². The van der Waals surface area contributed by atoms with Crippen molar-refractivity contribution in [2.45, 2.75) is 6.42 Å². The predicted molar refractivity (Wildman–Crippen MR) is 88.6 cm³/mol. The van der Waals surface area contributed by atoms with Crippen molar-refractivity contribution in [2.75, 3.05) is 6.61 Å². The van der Waals surface area contributed by atoms with Crippen LogP contribution in [0, 0.1) is 10.1 Å². The SMILES string of the molecule is O=C(Cc1ccc([N+](=O)[O-])cc1)OCC(=O)c1ccc(Cl)c(Cl)c1. The molecular formula is C16H11Cl2NO5. The molecule has 0 heterocycles. The minimum atomic E-state index is -0.614. The molecule has 0 atom stereocenters. The van der Waals surface area contributed by atoms with Gasteiger partial charge in [-0.2, -0.15) is 0 Å². The van der Waals surface area contributed by atoms with Crippen molar-refractivity contribution >= 4 is 40.6 Å². The molecule has 0 aliphatic rings. The highest BCUT2D eigenvalue weighted by Gasteiger charge is 2.13. The third kappa shape index (κ3) is 4.78. The summed E-state index contributed by atoms with van der Waals surface area (Å²) in [5, 5.41) is 11.1. The van der Waals surface area contributed by atoms with E-state index in [2.05, 4.69) is 0 Å². The molecule has 0 amide bonds. The van der Waals surface area contributed by atoms with Crippen molar-refractivity contribution in [3.8, 4) is 0 Å². The van der Waals surface area contributed by atoms with Crippen LogP contribution in [0.1, 0.15) is 15.9 Å². The monoisotopic (exact) mass is 367 g/mol. The first-order chi connectivity index (χ1) is 11.4. The Hall–Kier alpha value is -2.44. The van der Waals surface area contributed by atoms with Crippen molar-refractivity contribution in [3.05, 3.63) is 73.8 Å². The first-order valence-corrected chi connectivity index (χ1v) is 7.49. The highest BCUT2D eigenvalue weighted by molar-refractivity contribution is 6.42. The number of nitro benzene ring substituents is 1. The predicted octanol–water partition coefficient (Wildman–Crippen LogP) is 3.87. The maximum Gasteiger partial charge on any atom is 0.310 e. The van der Waals surface area contributed by atoms with Gasteiger partial charge >= 0.3 is 5.97 Å². The Morgan fingerprint density at radius 2 is 1.71 bits per heavy atom. The number of hydrogen-bond acceptors (Lipinski definition) is 5. The Bertz CT molecular complexity index is 790. The van der Waals surface area contributed by atoms with Gasteiger partial charge in [-0.25, -0.2) is 0 Å². The Morgan fingerprint density at radius 1 is 1.04 bits per heavy atom. The fourth-order valence-electron chi connectivity index (χ4n) is 1.85. The third-order valence-electron chi connectivity index (χ3n) is 3.10. The molecule has 24 heavy (non-hydrogen) atoms. The van der Waals surface area contributed by atoms with Gasteiger partial charge < -0.3 is 4.74 Å². The molecule has 2 aromatic rings. The number of carbonyl (C=O) groups excluding carboxylic acids is 2. The largest absolute Gasteiger partial charge is 0.457 e. The van der Waals surface area contributed by atoms with Crippen LogP contribution in [0.5, 0.6) is 0 Å². The van der Waals surface area contributed by atoms with Gasteiger partial charge in [0.15, 0.2) is 12.4 Å². The maximum atomic E-state index is 11.9. The number of rotatable bonds is 6. The standard InChI is InChI=1S/C16H11Cl2NO5/c17-13-6-3-11(8-14(13)18)15(20)9-24-16(21)7-10-1-4-12(5-2-10)19(22)23/h1-6,8H,7,9H2. The number of halogens is 2. The second-order valence-corrected chi connectivity index (χ2v) is 5.63. The van der Waals surface area contributed by atoms with E-state index in [1.54, 1.807) is 0 Å². The topological polar surface area (TPSA) is 86.5 Å². The van der Waals surface area contributed by atoms with Crippen LogP contribution in [-0.2, 0) is 16.0 Å². The van der Waals surface area contributed by atoms with Crippen molar-refractivity contribution in [2.24, 2.45) is 0 Å². The molecule has 0 aliphatic heterocycles. The molecule has 8 heteroatoms. The summed E-state index contributed by atoms with van der Waals surface area (Å²) in [5.74, 6) is -1.03. The molecule has 0 saturated carbocycles. The lowest BCUT2D eigenvalue weighted by Crippen LogP contribution is -2.15. The average Bonchev–Trinajstić information content (AvgIpc) is 2.55. The fourth-order valence-corrected chi connectivity index (χ4v) is 2.15. The summed E-state index contributed by atoms with van der Waals surface area (Å²) < 4.78 is 4.91. The van der Waals surface area contributed by atoms with Gasteiger partial charge in [0.05, 0.1) is 21.4 Å². The zero-order chi connectivity index (χ0) is 17.7. The van der Waals surface area contributed by atoms with Crippen LogP contribution in [-0.4, -0.2) is 23.3 Å². The summed E-state index contributed by atoms with van der Waals surface area (Å²) in [5.41, 5.74) is 0.766. The average molecular weight is 368 g/mol. The quantitative estimate of drug-likeness (QED) is 0.334. The number of esters is 1. The number of ketones is 1. The lowest BCUT2D eigenvalue weighted by Gasteiger charge is -2.05. The van der Waals surface area contributed by atoms with E-state index in [0.717, 1.165) is 0 Å². The van der Waals surface area contributed by atoms with E-state index < -0.39 is 23.3 Å². The van der Waals surface area contributed by atoms with Crippen molar-refractivity contribution in [1.82, 2.24) is 0 Å². The molecule has 0 N–H and O–H groups in total. The molecule has 0 aliphatic carbocycles. The van der Waals surface area contributed by atoms with Gasteiger partial charge in [0.1, 0.15) is 0 Å². The third-order valence-corrected chi connectivity index (χ3v) is 3.84. The van der Waals surface area contributed by atoms with Gasteiger partial charge in [0.25, 0.3) is 5.69 Å². The van der Waals surface area contributed by atoms with Gasteiger partial charge in [0, 0.05) is 17.7 Å². The molecule has 0 fully saturated rings. The molecule has 124 valence electrons.